The molecule has 2 nitrogen and oxygen atoms in total. The van der Waals surface area contributed by atoms with Crippen molar-refractivity contribution in [3.63, 3.8) is 0 Å². The molecule has 0 N–H and O–H groups in total. The molecule has 1 rings (SSSR count). The van der Waals surface area contributed by atoms with Gasteiger partial charge in [0.1, 0.15) is 0 Å². The second-order valence-electron chi connectivity index (χ2n) is 1.91. The SMILES string of the molecule is CCO[n+]1ccc(Cl)cc1Cl. The van der Waals surface area contributed by atoms with E-state index in [-0.39, 0.29) is 0 Å². The molecule has 0 atom stereocenters. The maximum absolute atomic E-state index is 5.76. The minimum atomic E-state index is 0.472. The Morgan fingerprint density at radius 2 is 2.27 bits per heavy atom. The van der Waals surface area contributed by atoms with Crippen LogP contribution < -0.4 is 9.57 Å². The van der Waals surface area contributed by atoms with Crippen molar-refractivity contribution < 1.29 is 9.57 Å². The zero-order valence-corrected chi connectivity index (χ0v) is 7.56. The number of nitrogens with zero attached hydrogens (tertiary/aromatic N) is 1. The predicted octanol–water partition coefficient (Wildman–Crippen LogP) is 1.73. The Bertz CT molecular complexity index is 252. The number of hydrogen-bond acceptors (Lipinski definition) is 1. The van der Waals surface area contributed by atoms with Crippen molar-refractivity contribution in [3.8, 4) is 0 Å². The van der Waals surface area contributed by atoms with Gasteiger partial charge in [-0.05, 0) is 18.5 Å². The van der Waals surface area contributed by atoms with Crippen LogP contribution in [0.5, 0.6) is 0 Å². The molecule has 0 saturated heterocycles. The minimum absolute atomic E-state index is 0.472. The van der Waals surface area contributed by atoms with Crippen LogP contribution in [0.4, 0.5) is 0 Å². The average Bonchev–Trinajstić information content (AvgIpc) is 1.95. The summed E-state index contributed by atoms with van der Waals surface area (Å²) in [5.74, 6) is 0. The lowest BCUT2D eigenvalue weighted by molar-refractivity contribution is -0.889. The molecule has 1 aromatic heterocycles. The molecule has 0 fully saturated rings. The molecule has 0 aliphatic rings. The summed E-state index contributed by atoms with van der Waals surface area (Å²) in [5, 5.41) is 1.07. The van der Waals surface area contributed by atoms with E-state index in [0.29, 0.717) is 16.8 Å². The number of pyridine rings is 1. The van der Waals surface area contributed by atoms with E-state index < -0.39 is 0 Å². The fourth-order valence-corrected chi connectivity index (χ4v) is 1.12. The molecule has 0 radical (unpaired) electrons. The van der Waals surface area contributed by atoms with Gasteiger partial charge in [-0.3, -0.25) is 4.84 Å². The van der Waals surface area contributed by atoms with Gasteiger partial charge in [0.05, 0.1) is 5.02 Å². The second-order valence-corrected chi connectivity index (χ2v) is 2.73. The standard InChI is InChI=1S/C7H8Cl2NO/c1-2-11-10-4-3-6(8)5-7(10)9/h3-5H,2H2,1H3/q+1. The highest BCUT2D eigenvalue weighted by atomic mass is 35.5. The number of aromatic nitrogens is 1. The minimum Gasteiger partial charge on any atom is -0.270 e. The fraction of sp³-hybridized carbons (Fsp3) is 0.286. The summed E-state index contributed by atoms with van der Waals surface area (Å²) in [6, 6.07) is 3.34. The second kappa shape index (κ2) is 3.79. The molecule has 0 amide bonds. The van der Waals surface area contributed by atoms with Crippen molar-refractivity contribution >= 4 is 23.2 Å². The van der Waals surface area contributed by atoms with Crippen LogP contribution in [0.1, 0.15) is 6.92 Å². The number of halogens is 2. The van der Waals surface area contributed by atoms with Crippen molar-refractivity contribution in [2.75, 3.05) is 6.61 Å². The highest BCUT2D eigenvalue weighted by Gasteiger charge is 2.08. The van der Waals surface area contributed by atoms with Crippen LogP contribution in [0, 0.1) is 0 Å². The van der Waals surface area contributed by atoms with Gasteiger partial charge in [-0.15, -0.1) is 0 Å². The zero-order valence-electron chi connectivity index (χ0n) is 6.05. The Morgan fingerprint density at radius 1 is 1.55 bits per heavy atom. The largest absolute Gasteiger partial charge is 0.326 e. The highest BCUT2D eigenvalue weighted by Crippen LogP contribution is 2.09. The molecule has 60 valence electrons. The summed E-state index contributed by atoms with van der Waals surface area (Å²) in [5.41, 5.74) is 0. The Kier molecular flexibility index (Phi) is 2.97. The van der Waals surface area contributed by atoms with Crippen molar-refractivity contribution in [2.45, 2.75) is 6.92 Å². The molecule has 4 heteroatoms. The number of hydrogen-bond donors (Lipinski definition) is 0. The van der Waals surface area contributed by atoms with Crippen LogP contribution in [-0.2, 0) is 0 Å². The molecule has 0 aromatic carbocycles. The van der Waals surface area contributed by atoms with Crippen molar-refractivity contribution in [1.29, 1.82) is 0 Å². The molecule has 1 aromatic rings. The van der Waals surface area contributed by atoms with Crippen LogP contribution in [0.25, 0.3) is 0 Å². The van der Waals surface area contributed by atoms with E-state index in [9.17, 15) is 0 Å². The fourth-order valence-electron chi connectivity index (χ4n) is 0.679. The van der Waals surface area contributed by atoms with Crippen LogP contribution >= 0.6 is 23.2 Å². The van der Waals surface area contributed by atoms with Gasteiger partial charge in [0.15, 0.2) is 6.61 Å². The quantitative estimate of drug-likeness (QED) is 0.514. The van der Waals surface area contributed by atoms with Crippen LogP contribution in [-0.4, -0.2) is 6.61 Å². The lowest BCUT2D eigenvalue weighted by Gasteiger charge is -1.94. The van der Waals surface area contributed by atoms with E-state index in [4.69, 9.17) is 28.0 Å². The van der Waals surface area contributed by atoms with E-state index >= 15 is 0 Å². The smallest absolute Gasteiger partial charge is 0.270 e. The Labute approximate surface area is 75.3 Å². The van der Waals surface area contributed by atoms with Crippen LogP contribution in [0.15, 0.2) is 18.3 Å². The normalized spacial score (nSPS) is 9.73. The Balaban J connectivity index is 2.90. The van der Waals surface area contributed by atoms with Crippen molar-refractivity contribution in [2.24, 2.45) is 0 Å². The summed E-state index contributed by atoms with van der Waals surface area (Å²) in [7, 11) is 0. The third-order valence-electron chi connectivity index (χ3n) is 1.10. The molecule has 1 heterocycles. The average molecular weight is 193 g/mol. The van der Waals surface area contributed by atoms with E-state index in [1.165, 1.54) is 4.73 Å². The topological polar surface area (TPSA) is 13.1 Å². The van der Waals surface area contributed by atoms with Gasteiger partial charge >= 0.3 is 5.15 Å². The molecule has 0 unspecified atom stereocenters. The van der Waals surface area contributed by atoms with Gasteiger partial charge in [0.25, 0.3) is 0 Å². The van der Waals surface area contributed by atoms with E-state index in [1.807, 2.05) is 6.92 Å². The van der Waals surface area contributed by atoms with Gasteiger partial charge < -0.3 is 0 Å². The van der Waals surface area contributed by atoms with Crippen molar-refractivity contribution in [1.82, 2.24) is 0 Å². The van der Waals surface area contributed by atoms with E-state index in [1.54, 1.807) is 18.3 Å². The molecular weight excluding hydrogens is 185 g/mol. The van der Waals surface area contributed by atoms with Crippen LogP contribution in [0.3, 0.4) is 0 Å². The molecule has 0 aliphatic heterocycles. The summed E-state index contributed by atoms with van der Waals surface area (Å²) in [6.07, 6.45) is 1.67. The third-order valence-corrected chi connectivity index (χ3v) is 1.62. The van der Waals surface area contributed by atoms with E-state index in [2.05, 4.69) is 0 Å². The maximum Gasteiger partial charge on any atom is 0.326 e. The van der Waals surface area contributed by atoms with E-state index in [0.717, 1.165) is 0 Å². The predicted molar refractivity (Wildman–Crippen MR) is 43.8 cm³/mol. The Hall–Kier alpha value is -0.470. The first-order valence-electron chi connectivity index (χ1n) is 3.24. The Morgan fingerprint density at radius 3 is 2.82 bits per heavy atom. The zero-order chi connectivity index (χ0) is 8.27. The van der Waals surface area contributed by atoms with Crippen LogP contribution in [0.2, 0.25) is 10.2 Å². The molecular formula is C7H8Cl2NO+. The maximum atomic E-state index is 5.76. The van der Waals surface area contributed by atoms with Gasteiger partial charge in [-0.25, -0.2) is 0 Å². The first kappa shape index (κ1) is 8.62. The first-order valence-corrected chi connectivity index (χ1v) is 3.99. The van der Waals surface area contributed by atoms with Crippen molar-refractivity contribution in [3.05, 3.63) is 28.5 Å². The van der Waals surface area contributed by atoms with Gasteiger partial charge in [0.2, 0.25) is 6.20 Å². The molecule has 0 spiro atoms. The lowest BCUT2D eigenvalue weighted by atomic mass is 10.5. The summed E-state index contributed by atoms with van der Waals surface area (Å²) < 4.78 is 1.47. The summed E-state index contributed by atoms with van der Waals surface area (Å²) >= 11 is 11.4. The molecule has 0 aliphatic carbocycles. The van der Waals surface area contributed by atoms with Gasteiger partial charge in [-0.2, -0.15) is 0 Å². The summed E-state index contributed by atoms with van der Waals surface area (Å²) in [4.78, 5) is 5.12. The lowest BCUT2D eigenvalue weighted by Crippen LogP contribution is -2.43. The third kappa shape index (κ3) is 2.24. The van der Waals surface area contributed by atoms with Gasteiger partial charge in [-0.1, -0.05) is 11.6 Å². The molecule has 0 bridgehead atoms. The van der Waals surface area contributed by atoms with Gasteiger partial charge in [0, 0.05) is 16.9 Å². The molecule has 0 saturated carbocycles. The monoisotopic (exact) mass is 192 g/mol. The highest BCUT2D eigenvalue weighted by molar-refractivity contribution is 6.33. The number of rotatable bonds is 2. The first-order chi connectivity index (χ1) is 5.24. The summed E-state index contributed by atoms with van der Waals surface area (Å²) in [6.45, 7) is 2.46. The molecule has 11 heavy (non-hydrogen) atoms.